The molecule has 0 fully saturated rings. The summed E-state index contributed by atoms with van der Waals surface area (Å²) in [4.78, 5) is 28.9. The van der Waals surface area contributed by atoms with Gasteiger partial charge in [-0.15, -0.1) is 0 Å². The number of nitrogens with two attached hydrogens (primary N) is 1. The Morgan fingerprint density at radius 2 is 1.47 bits per heavy atom. The standard InChI is InChI=1S/C4H4O4.C3H7NO2S/c5-3(6)1-2-4(7)8;4-2(1-7)3(5)6/h1-2H,(H,5,6)(H,7,8);2,7H,1,4H2,(H,5,6)/b2-1-;. The molecule has 5 N–H and O–H groups in total. The number of hydrogen-bond donors (Lipinski definition) is 5. The molecule has 0 heterocycles. The molecule has 0 rings (SSSR count). The van der Waals surface area contributed by atoms with Crippen LogP contribution < -0.4 is 5.73 Å². The van der Waals surface area contributed by atoms with Crippen LogP contribution in [0.15, 0.2) is 12.2 Å². The summed E-state index contributed by atoms with van der Waals surface area (Å²) in [5.41, 5.74) is 4.94. The molecule has 0 saturated heterocycles. The lowest BCUT2D eigenvalue weighted by atomic mass is 10.4. The second kappa shape index (κ2) is 9.03. The molecule has 0 aromatic rings. The third-order valence-corrected chi connectivity index (χ3v) is 1.28. The Hall–Kier alpha value is -1.54. The smallest absolute Gasteiger partial charge is 0.328 e. The molecule has 15 heavy (non-hydrogen) atoms. The summed E-state index contributed by atoms with van der Waals surface area (Å²) in [5.74, 6) is -3.33. The second-order valence-electron chi connectivity index (χ2n) is 2.14. The lowest BCUT2D eigenvalue weighted by Gasteiger charge is -1.96. The van der Waals surface area contributed by atoms with Gasteiger partial charge in [-0.1, -0.05) is 0 Å². The fraction of sp³-hybridized carbons (Fsp3) is 0.286. The fourth-order valence-electron chi connectivity index (χ4n) is 0.221. The van der Waals surface area contributed by atoms with Crippen LogP contribution in [-0.4, -0.2) is 45.0 Å². The molecule has 1 unspecified atom stereocenters. The van der Waals surface area contributed by atoms with E-state index in [2.05, 4.69) is 12.6 Å². The lowest BCUT2D eigenvalue weighted by molar-refractivity contribution is -0.138. The number of carbonyl (C=O) groups is 3. The molecule has 7 nitrogen and oxygen atoms in total. The van der Waals surface area contributed by atoms with Gasteiger partial charge in [0.1, 0.15) is 6.04 Å². The molecule has 0 aliphatic carbocycles. The molecule has 0 spiro atoms. The minimum atomic E-state index is -1.26. The molecule has 0 bridgehead atoms. The van der Waals surface area contributed by atoms with E-state index >= 15 is 0 Å². The minimum absolute atomic E-state index is 0.190. The number of rotatable bonds is 4. The van der Waals surface area contributed by atoms with Gasteiger partial charge in [-0.05, 0) is 0 Å². The summed E-state index contributed by atoms with van der Waals surface area (Å²) < 4.78 is 0. The number of carboxylic acids is 3. The van der Waals surface area contributed by atoms with Gasteiger partial charge in [0.2, 0.25) is 0 Å². The van der Waals surface area contributed by atoms with Crippen molar-refractivity contribution in [3.05, 3.63) is 12.2 Å². The summed E-state index contributed by atoms with van der Waals surface area (Å²) in [5, 5.41) is 23.6. The average molecular weight is 237 g/mol. The van der Waals surface area contributed by atoms with Crippen molar-refractivity contribution in [1.29, 1.82) is 0 Å². The van der Waals surface area contributed by atoms with Crippen molar-refractivity contribution in [2.24, 2.45) is 5.73 Å². The van der Waals surface area contributed by atoms with Gasteiger partial charge in [-0.25, -0.2) is 9.59 Å². The topological polar surface area (TPSA) is 138 Å². The average Bonchev–Trinajstić information content (AvgIpc) is 2.14. The van der Waals surface area contributed by atoms with Crippen molar-refractivity contribution in [3.63, 3.8) is 0 Å². The van der Waals surface area contributed by atoms with Crippen molar-refractivity contribution in [3.8, 4) is 0 Å². The molecule has 1 atom stereocenters. The maximum absolute atomic E-state index is 9.76. The van der Waals surface area contributed by atoms with Crippen LogP contribution >= 0.6 is 12.6 Å². The van der Waals surface area contributed by atoms with Crippen molar-refractivity contribution >= 4 is 30.5 Å². The summed E-state index contributed by atoms with van der Waals surface area (Å²) in [6.07, 6.45) is 1.12. The largest absolute Gasteiger partial charge is 0.480 e. The monoisotopic (exact) mass is 237 g/mol. The number of hydrogen-bond acceptors (Lipinski definition) is 5. The third kappa shape index (κ3) is 15.2. The first-order valence-electron chi connectivity index (χ1n) is 3.54. The van der Waals surface area contributed by atoms with Gasteiger partial charge in [-0.2, -0.15) is 12.6 Å². The zero-order valence-electron chi connectivity index (χ0n) is 7.53. The summed E-state index contributed by atoms with van der Waals surface area (Å²) in [7, 11) is 0. The van der Waals surface area contributed by atoms with E-state index in [9.17, 15) is 14.4 Å². The molecular weight excluding hydrogens is 226 g/mol. The molecule has 0 aromatic carbocycles. The Balaban J connectivity index is 0. The van der Waals surface area contributed by atoms with E-state index in [0.29, 0.717) is 12.2 Å². The zero-order valence-corrected chi connectivity index (χ0v) is 8.42. The van der Waals surface area contributed by atoms with E-state index in [0.717, 1.165) is 0 Å². The van der Waals surface area contributed by atoms with Crippen molar-refractivity contribution < 1.29 is 29.7 Å². The van der Waals surface area contributed by atoms with Gasteiger partial charge >= 0.3 is 17.9 Å². The van der Waals surface area contributed by atoms with Crippen LogP contribution in [-0.2, 0) is 14.4 Å². The van der Waals surface area contributed by atoms with E-state index in [-0.39, 0.29) is 5.75 Å². The van der Waals surface area contributed by atoms with E-state index in [1.165, 1.54) is 0 Å². The van der Waals surface area contributed by atoms with Crippen LogP contribution in [0.4, 0.5) is 0 Å². The molecule has 0 amide bonds. The van der Waals surface area contributed by atoms with Gasteiger partial charge < -0.3 is 21.1 Å². The van der Waals surface area contributed by atoms with Gasteiger partial charge in [0.05, 0.1) is 0 Å². The predicted molar refractivity (Wildman–Crippen MR) is 53.9 cm³/mol. The highest BCUT2D eigenvalue weighted by molar-refractivity contribution is 7.80. The summed E-state index contributed by atoms with van der Waals surface area (Å²) >= 11 is 3.65. The second-order valence-corrected chi connectivity index (χ2v) is 2.50. The van der Waals surface area contributed by atoms with Crippen LogP contribution in [0.1, 0.15) is 0 Å². The molecular formula is C7H11NO6S. The van der Waals surface area contributed by atoms with Crippen molar-refractivity contribution in [2.75, 3.05) is 5.75 Å². The molecule has 8 heteroatoms. The Labute approximate surface area is 90.6 Å². The lowest BCUT2D eigenvalue weighted by Crippen LogP contribution is -2.31. The molecule has 0 aliphatic heterocycles. The Bertz CT molecular complexity index is 248. The van der Waals surface area contributed by atoms with Gasteiger partial charge in [0, 0.05) is 17.9 Å². The highest BCUT2D eigenvalue weighted by Gasteiger charge is 2.06. The summed E-state index contributed by atoms with van der Waals surface area (Å²) in [6, 6.07) is -0.816. The highest BCUT2D eigenvalue weighted by Crippen LogP contribution is 1.80. The van der Waals surface area contributed by atoms with Gasteiger partial charge in [0.25, 0.3) is 0 Å². The SMILES string of the molecule is NC(CS)C(=O)O.O=C(O)/C=C\C(=O)O. The first kappa shape index (κ1) is 15.9. The Kier molecular flexibility index (Phi) is 9.58. The molecule has 0 saturated carbocycles. The Morgan fingerprint density at radius 1 is 1.13 bits per heavy atom. The maximum atomic E-state index is 9.76. The van der Waals surface area contributed by atoms with E-state index in [1.807, 2.05) is 0 Å². The molecule has 86 valence electrons. The fourth-order valence-corrected chi connectivity index (χ4v) is 0.377. The van der Waals surface area contributed by atoms with Gasteiger partial charge in [-0.3, -0.25) is 4.79 Å². The van der Waals surface area contributed by atoms with Crippen LogP contribution in [0.25, 0.3) is 0 Å². The maximum Gasteiger partial charge on any atom is 0.328 e. The van der Waals surface area contributed by atoms with E-state index < -0.39 is 23.9 Å². The molecule has 0 aliphatic rings. The molecule has 0 aromatic heterocycles. The number of carboxylic acid groups (broad SMARTS) is 3. The number of aliphatic carboxylic acids is 3. The highest BCUT2D eigenvalue weighted by atomic mass is 32.1. The minimum Gasteiger partial charge on any atom is -0.480 e. The zero-order chi connectivity index (χ0) is 12.4. The van der Waals surface area contributed by atoms with E-state index in [4.69, 9.17) is 21.1 Å². The molecule has 0 radical (unpaired) electrons. The van der Waals surface area contributed by atoms with Crippen molar-refractivity contribution in [1.82, 2.24) is 0 Å². The third-order valence-electron chi connectivity index (χ3n) is 0.882. The van der Waals surface area contributed by atoms with Crippen LogP contribution in [0.2, 0.25) is 0 Å². The predicted octanol–water partition coefficient (Wildman–Crippen LogP) is -0.960. The normalized spacial score (nSPS) is 11.3. The van der Waals surface area contributed by atoms with E-state index in [1.54, 1.807) is 0 Å². The first-order valence-corrected chi connectivity index (χ1v) is 4.17. The van der Waals surface area contributed by atoms with Crippen LogP contribution in [0.3, 0.4) is 0 Å². The van der Waals surface area contributed by atoms with Gasteiger partial charge in [0.15, 0.2) is 0 Å². The quantitative estimate of drug-likeness (QED) is 0.313. The van der Waals surface area contributed by atoms with Crippen molar-refractivity contribution in [2.45, 2.75) is 6.04 Å². The number of thiol groups is 1. The Morgan fingerprint density at radius 3 is 1.53 bits per heavy atom. The first-order chi connectivity index (χ1) is 6.81. The van der Waals surface area contributed by atoms with Crippen LogP contribution in [0.5, 0.6) is 0 Å². The summed E-state index contributed by atoms with van der Waals surface area (Å²) in [6.45, 7) is 0. The van der Waals surface area contributed by atoms with Crippen LogP contribution in [0, 0.1) is 0 Å².